The molecular weight excluding hydrogens is 388 g/mol. The summed E-state index contributed by atoms with van der Waals surface area (Å²) in [6.07, 6.45) is 4.87. The van der Waals surface area contributed by atoms with Gasteiger partial charge in [0.2, 0.25) is 0 Å². The summed E-state index contributed by atoms with van der Waals surface area (Å²) in [5.74, 6) is 1.21. The van der Waals surface area contributed by atoms with Crippen LogP contribution in [0.15, 0.2) is 48.5 Å². The van der Waals surface area contributed by atoms with Crippen LogP contribution < -0.4 is 15.4 Å². The first-order chi connectivity index (χ1) is 14.0. The maximum Gasteiger partial charge on any atom is 0.251 e. The summed E-state index contributed by atoms with van der Waals surface area (Å²) in [4.78, 5) is 24.3. The molecular formula is C23H27ClN2O3. The van der Waals surface area contributed by atoms with Crippen molar-refractivity contribution >= 4 is 23.4 Å². The topological polar surface area (TPSA) is 67.4 Å². The van der Waals surface area contributed by atoms with Gasteiger partial charge in [0, 0.05) is 29.2 Å². The number of amides is 2. The number of ether oxygens (including phenoxy) is 1. The number of hydrogen-bond donors (Lipinski definition) is 2. The van der Waals surface area contributed by atoms with Gasteiger partial charge in [-0.1, -0.05) is 18.5 Å². The van der Waals surface area contributed by atoms with E-state index >= 15 is 0 Å². The van der Waals surface area contributed by atoms with Gasteiger partial charge in [0.05, 0.1) is 6.10 Å². The third-order valence-corrected chi connectivity index (χ3v) is 5.44. The molecule has 1 saturated carbocycles. The molecule has 1 aliphatic carbocycles. The van der Waals surface area contributed by atoms with Gasteiger partial charge < -0.3 is 15.4 Å². The molecule has 3 rings (SSSR count). The highest BCUT2D eigenvalue weighted by molar-refractivity contribution is 6.30. The molecule has 2 amide bonds. The predicted molar refractivity (Wildman–Crippen MR) is 115 cm³/mol. The second-order valence-corrected chi connectivity index (χ2v) is 7.98. The van der Waals surface area contributed by atoms with Crippen molar-refractivity contribution in [2.45, 2.75) is 38.7 Å². The van der Waals surface area contributed by atoms with Crippen molar-refractivity contribution < 1.29 is 14.3 Å². The number of benzene rings is 2. The number of rotatable bonds is 7. The van der Waals surface area contributed by atoms with Gasteiger partial charge in [-0.3, -0.25) is 9.59 Å². The summed E-state index contributed by atoms with van der Waals surface area (Å²) in [5.41, 5.74) is 1.10. The molecule has 2 aromatic rings. The molecule has 0 atom stereocenters. The van der Waals surface area contributed by atoms with Crippen LogP contribution in [0.1, 0.15) is 53.3 Å². The van der Waals surface area contributed by atoms with Crippen molar-refractivity contribution in [2.24, 2.45) is 5.92 Å². The second kappa shape index (κ2) is 10.3. The summed E-state index contributed by atoms with van der Waals surface area (Å²) in [6, 6.07) is 13.9. The van der Waals surface area contributed by atoms with Crippen LogP contribution in [0.4, 0.5) is 0 Å². The molecule has 2 aromatic carbocycles. The Kier molecular flexibility index (Phi) is 7.53. The highest BCUT2D eigenvalue weighted by Gasteiger charge is 2.19. The van der Waals surface area contributed by atoms with Crippen LogP contribution in [-0.4, -0.2) is 31.0 Å². The number of carbonyl (C=O) groups excluding carboxylic acids is 2. The first-order valence-corrected chi connectivity index (χ1v) is 10.5. The minimum atomic E-state index is -0.200. The van der Waals surface area contributed by atoms with E-state index in [0.717, 1.165) is 24.5 Å². The molecule has 0 spiro atoms. The fourth-order valence-electron chi connectivity index (χ4n) is 3.38. The molecule has 29 heavy (non-hydrogen) atoms. The zero-order chi connectivity index (χ0) is 20.6. The smallest absolute Gasteiger partial charge is 0.251 e. The summed E-state index contributed by atoms with van der Waals surface area (Å²) in [7, 11) is 0. The lowest BCUT2D eigenvalue weighted by atomic mass is 9.89. The fourth-order valence-corrected chi connectivity index (χ4v) is 3.51. The number of nitrogens with one attached hydrogen (secondary N) is 2. The Morgan fingerprint density at radius 2 is 1.34 bits per heavy atom. The molecule has 0 aliphatic heterocycles. The van der Waals surface area contributed by atoms with E-state index < -0.39 is 0 Å². The van der Waals surface area contributed by atoms with Gasteiger partial charge in [-0.15, -0.1) is 0 Å². The maximum absolute atomic E-state index is 12.3. The van der Waals surface area contributed by atoms with Gasteiger partial charge in [-0.25, -0.2) is 0 Å². The molecule has 0 aromatic heterocycles. The maximum atomic E-state index is 12.3. The highest BCUT2D eigenvalue weighted by atomic mass is 35.5. The van der Waals surface area contributed by atoms with Crippen LogP contribution in [0, 0.1) is 5.92 Å². The Bertz CT molecular complexity index is 813. The quantitative estimate of drug-likeness (QED) is 0.657. The van der Waals surface area contributed by atoms with Gasteiger partial charge in [0.1, 0.15) is 5.75 Å². The van der Waals surface area contributed by atoms with E-state index in [1.165, 1.54) is 12.8 Å². The summed E-state index contributed by atoms with van der Waals surface area (Å²) >= 11 is 5.81. The Balaban J connectivity index is 1.39. The van der Waals surface area contributed by atoms with Crippen LogP contribution in [0.3, 0.4) is 0 Å². The molecule has 6 heteroatoms. The van der Waals surface area contributed by atoms with E-state index in [9.17, 15) is 9.59 Å². The van der Waals surface area contributed by atoms with E-state index in [2.05, 4.69) is 17.6 Å². The minimum absolute atomic E-state index is 0.177. The van der Waals surface area contributed by atoms with Crippen molar-refractivity contribution in [3.05, 3.63) is 64.7 Å². The summed E-state index contributed by atoms with van der Waals surface area (Å²) in [6.45, 7) is 2.97. The van der Waals surface area contributed by atoms with Crippen molar-refractivity contribution in [3.63, 3.8) is 0 Å². The molecule has 1 fully saturated rings. The Morgan fingerprint density at radius 3 is 1.86 bits per heavy atom. The fraction of sp³-hybridized carbons (Fsp3) is 0.391. The van der Waals surface area contributed by atoms with Gasteiger partial charge >= 0.3 is 0 Å². The molecule has 2 N–H and O–H groups in total. The number of carbonyl (C=O) groups is 2. The van der Waals surface area contributed by atoms with E-state index in [0.29, 0.717) is 29.2 Å². The average Bonchev–Trinajstić information content (AvgIpc) is 2.73. The molecule has 1 aliphatic rings. The van der Waals surface area contributed by atoms with E-state index in [-0.39, 0.29) is 17.9 Å². The van der Waals surface area contributed by atoms with E-state index in [1.54, 1.807) is 36.4 Å². The first-order valence-electron chi connectivity index (χ1n) is 10.1. The Hall–Kier alpha value is -2.53. The SMILES string of the molecule is CC1CCC(Oc2ccc(C(=O)NCCNC(=O)c3ccc(Cl)cc3)cc2)CC1. The zero-order valence-corrected chi connectivity index (χ0v) is 17.4. The van der Waals surface area contributed by atoms with Crippen LogP contribution in [0.25, 0.3) is 0 Å². The lowest BCUT2D eigenvalue weighted by Gasteiger charge is -2.26. The zero-order valence-electron chi connectivity index (χ0n) is 16.6. The van der Waals surface area contributed by atoms with Crippen molar-refractivity contribution in [2.75, 3.05) is 13.1 Å². The Labute approximate surface area is 176 Å². The molecule has 0 saturated heterocycles. The van der Waals surface area contributed by atoms with Crippen molar-refractivity contribution in [3.8, 4) is 5.75 Å². The van der Waals surface area contributed by atoms with Crippen LogP contribution >= 0.6 is 11.6 Å². The van der Waals surface area contributed by atoms with Crippen LogP contribution in [-0.2, 0) is 0 Å². The van der Waals surface area contributed by atoms with Gasteiger partial charge in [0.25, 0.3) is 11.8 Å². The van der Waals surface area contributed by atoms with Gasteiger partial charge in [-0.2, -0.15) is 0 Å². The molecule has 0 bridgehead atoms. The van der Waals surface area contributed by atoms with Crippen LogP contribution in [0.5, 0.6) is 5.75 Å². The minimum Gasteiger partial charge on any atom is -0.490 e. The van der Waals surface area contributed by atoms with Crippen molar-refractivity contribution in [1.29, 1.82) is 0 Å². The highest BCUT2D eigenvalue weighted by Crippen LogP contribution is 2.27. The summed E-state index contributed by atoms with van der Waals surface area (Å²) in [5, 5.41) is 6.15. The normalized spacial score (nSPS) is 18.7. The molecule has 5 nitrogen and oxygen atoms in total. The predicted octanol–water partition coefficient (Wildman–Crippen LogP) is 4.46. The third kappa shape index (κ3) is 6.50. The summed E-state index contributed by atoms with van der Waals surface area (Å²) < 4.78 is 6.03. The number of hydrogen-bond acceptors (Lipinski definition) is 3. The molecule has 154 valence electrons. The monoisotopic (exact) mass is 414 g/mol. The standard InChI is InChI=1S/C23H27ClN2O3/c1-16-2-10-20(11-3-16)29-21-12-6-18(7-13-21)23(28)26-15-14-25-22(27)17-4-8-19(24)9-5-17/h4-9,12-13,16,20H,2-3,10-11,14-15H2,1H3,(H,25,27)(H,26,28). The van der Waals surface area contributed by atoms with Crippen LogP contribution in [0.2, 0.25) is 5.02 Å². The first kappa shape index (κ1) is 21.2. The second-order valence-electron chi connectivity index (χ2n) is 7.54. The molecule has 0 heterocycles. The third-order valence-electron chi connectivity index (χ3n) is 5.18. The molecule has 0 radical (unpaired) electrons. The average molecular weight is 415 g/mol. The van der Waals surface area contributed by atoms with Crippen molar-refractivity contribution in [1.82, 2.24) is 10.6 Å². The largest absolute Gasteiger partial charge is 0.490 e. The number of halogens is 1. The lowest BCUT2D eigenvalue weighted by molar-refractivity contribution is 0.0927. The van der Waals surface area contributed by atoms with Gasteiger partial charge in [0.15, 0.2) is 0 Å². The van der Waals surface area contributed by atoms with E-state index in [1.807, 2.05) is 12.1 Å². The lowest BCUT2D eigenvalue weighted by Crippen LogP contribution is -2.34. The van der Waals surface area contributed by atoms with E-state index in [4.69, 9.17) is 16.3 Å². The Morgan fingerprint density at radius 1 is 0.862 bits per heavy atom. The van der Waals surface area contributed by atoms with Gasteiger partial charge in [-0.05, 0) is 80.1 Å². The molecule has 0 unspecified atom stereocenters.